The van der Waals surface area contributed by atoms with Crippen LogP contribution in [0.4, 0.5) is 17.6 Å². The molecule has 0 bridgehead atoms. The van der Waals surface area contributed by atoms with Crippen LogP contribution in [0.25, 0.3) is 32.7 Å². The Labute approximate surface area is 208 Å². The van der Waals surface area contributed by atoms with Crippen molar-refractivity contribution in [1.29, 1.82) is 0 Å². The second kappa shape index (κ2) is 8.25. The van der Waals surface area contributed by atoms with Crippen molar-refractivity contribution >= 4 is 39.5 Å². The zero-order valence-corrected chi connectivity index (χ0v) is 20.3. The van der Waals surface area contributed by atoms with Gasteiger partial charge in [-0.25, -0.2) is 17.6 Å². The fourth-order valence-electron chi connectivity index (χ4n) is 4.88. The Kier molecular flexibility index (Phi) is 5.21. The maximum Gasteiger partial charge on any atom is 0.311 e. The zero-order valence-electron chi connectivity index (χ0n) is 19.4. The second-order valence-electron chi connectivity index (χ2n) is 8.49. The highest BCUT2D eigenvalue weighted by atomic mass is 31.2. The van der Waals surface area contributed by atoms with Gasteiger partial charge in [-0.2, -0.15) is 0 Å². The van der Waals surface area contributed by atoms with E-state index in [4.69, 9.17) is 14.0 Å². The molecule has 0 N–H and O–H groups in total. The third-order valence-electron chi connectivity index (χ3n) is 6.59. The minimum absolute atomic E-state index is 0.0414. The molecule has 0 fully saturated rings. The number of methoxy groups -OCH3 is 2. The van der Waals surface area contributed by atoms with Gasteiger partial charge in [0.1, 0.15) is 17.2 Å². The first kappa shape index (κ1) is 23.4. The zero-order chi connectivity index (χ0) is 26.1. The Hall–Kier alpha value is -4.03. The number of ether oxygens (including phenoxy) is 2. The molecule has 1 unspecified atom stereocenters. The van der Waals surface area contributed by atoms with Crippen molar-refractivity contribution < 1.29 is 36.1 Å². The van der Waals surface area contributed by atoms with Crippen LogP contribution >= 0.6 is 7.37 Å². The number of fused-ring (bicyclic) bond motifs is 5. The summed E-state index contributed by atoms with van der Waals surface area (Å²) in [5.74, 6) is -6.36. The van der Waals surface area contributed by atoms with Crippen molar-refractivity contribution in [2.75, 3.05) is 14.2 Å². The molecule has 1 aliphatic heterocycles. The fourth-order valence-corrected chi connectivity index (χ4v) is 7.34. The maximum atomic E-state index is 14.8. The predicted molar refractivity (Wildman–Crippen MR) is 134 cm³/mol. The molecule has 1 atom stereocenters. The highest BCUT2D eigenvalue weighted by Gasteiger charge is 2.41. The Morgan fingerprint density at radius 3 is 1.89 bits per heavy atom. The molecule has 9 heteroatoms. The van der Waals surface area contributed by atoms with E-state index in [1.165, 1.54) is 20.3 Å². The van der Waals surface area contributed by atoms with Gasteiger partial charge in [0.05, 0.1) is 24.8 Å². The fraction of sp³-hybridized carbons (Fsp3) is 0.0714. The monoisotopic (exact) mass is 524 g/mol. The molecule has 0 spiro atoms. The average molecular weight is 524 g/mol. The summed E-state index contributed by atoms with van der Waals surface area (Å²) in [6.07, 6.45) is 0. The van der Waals surface area contributed by atoms with Crippen molar-refractivity contribution in [1.82, 2.24) is 0 Å². The van der Waals surface area contributed by atoms with E-state index >= 15 is 0 Å². The molecule has 0 amide bonds. The van der Waals surface area contributed by atoms with E-state index in [1.807, 2.05) is 24.3 Å². The van der Waals surface area contributed by atoms with Gasteiger partial charge in [0.25, 0.3) is 0 Å². The van der Waals surface area contributed by atoms with Gasteiger partial charge in [-0.15, -0.1) is 0 Å². The first-order valence-corrected chi connectivity index (χ1v) is 12.8. The molecule has 5 aromatic carbocycles. The van der Waals surface area contributed by atoms with E-state index in [2.05, 4.69) is 0 Å². The minimum Gasteiger partial charge on any atom is -0.496 e. The summed E-state index contributed by atoms with van der Waals surface area (Å²) in [5, 5.41) is -0.0727. The number of hydrogen-bond acceptors (Lipinski definition) is 4. The highest BCUT2D eigenvalue weighted by Crippen LogP contribution is 2.56. The predicted octanol–water partition coefficient (Wildman–Crippen LogP) is 6.85. The lowest BCUT2D eigenvalue weighted by Crippen LogP contribution is -2.26. The van der Waals surface area contributed by atoms with Gasteiger partial charge in [0.2, 0.25) is 0 Å². The molecule has 186 valence electrons. The molecular formula is C28H17F4O4P. The van der Waals surface area contributed by atoms with Crippen LogP contribution in [0.3, 0.4) is 0 Å². The Balaban J connectivity index is 1.73. The van der Waals surface area contributed by atoms with Crippen LogP contribution in [0.2, 0.25) is 0 Å². The molecule has 0 radical (unpaired) electrons. The summed E-state index contributed by atoms with van der Waals surface area (Å²) < 4.78 is 89.5. The summed E-state index contributed by atoms with van der Waals surface area (Å²) in [6, 6.07) is 18.0. The van der Waals surface area contributed by atoms with Crippen LogP contribution in [0.15, 0.2) is 66.7 Å². The average Bonchev–Trinajstić information content (AvgIpc) is 2.93. The van der Waals surface area contributed by atoms with E-state index < -0.39 is 41.4 Å². The summed E-state index contributed by atoms with van der Waals surface area (Å²) in [5.41, 5.74) is 1.47. The van der Waals surface area contributed by atoms with E-state index in [9.17, 15) is 22.1 Å². The number of rotatable bonds is 3. The molecule has 0 saturated heterocycles. The molecular weight excluding hydrogens is 507 g/mol. The van der Waals surface area contributed by atoms with Crippen molar-refractivity contribution in [3.8, 4) is 28.4 Å². The highest BCUT2D eigenvalue weighted by molar-refractivity contribution is 7.75. The second-order valence-corrected chi connectivity index (χ2v) is 10.7. The van der Waals surface area contributed by atoms with Gasteiger partial charge < -0.3 is 14.0 Å². The van der Waals surface area contributed by atoms with Crippen LogP contribution in [0.1, 0.15) is 0 Å². The van der Waals surface area contributed by atoms with Gasteiger partial charge in [-0.05, 0) is 35.9 Å². The molecule has 0 aromatic heterocycles. The lowest BCUT2D eigenvalue weighted by molar-refractivity contribution is 0.411. The van der Waals surface area contributed by atoms with Crippen LogP contribution in [0, 0.1) is 23.3 Å². The molecule has 5 aromatic rings. The molecule has 37 heavy (non-hydrogen) atoms. The maximum absolute atomic E-state index is 14.8. The SMILES string of the molecule is COc1cc(P2(=O)Oc3ccccc3-c3ccccc32)c(OC)c2cc3c(F)c(F)c(F)c(F)c3cc12. The minimum atomic E-state index is -3.89. The normalized spacial score (nSPS) is 16.3. The quantitative estimate of drug-likeness (QED) is 0.0851. The third-order valence-corrected chi connectivity index (χ3v) is 9.03. The van der Waals surface area contributed by atoms with Gasteiger partial charge in [0, 0.05) is 27.1 Å². The Morgan fingerprint density at radius 1 is 0.649 bits per heavy atom. The van der Waals surface area contributed by atoms with Crippen molar-refractivity contribution in [3.63, 3.8) is 0 Å². The lowest BCUT2D eigenvalue weighted by atomic mass is 10.0. The van der Waals surface area contributed by atoms with Crippen LogP contribution in [-0.4, -0.2) is 14.2 Å². The molecule has 4 nitrogen and oxygen atoms in total. The van der Waals surface area contributed by atoms with Gasteiger partial charge in [-0.1, -0.05) is 36.4 Å². The number of hydrogen-bond donors (Lipinski definition) is 0. The van der Waals surface area contributed by atoms with E-state index in [-0.39, 0.29) is 27.6 Å². The topological polar surface area (TPSA) is 44.8 Å². The van der Waals surface area contributed by atoms with E-state index in [0.29, 0.717) is 16.6 Å². The van der Waals surface area contributed by atoms with Gasteiger partial charge >= 0.3 is 7.37 Å². The largest absolute Gasteiger partial charge is 0.496 e. The standard InChI is InChI=1S/C28H17F4O4P/c1-34-21-13-23(37(33)22-10-6-4-8-15(22)14-7-3-5-9-20(14)36-37)28(35-2)19-12-18-17(11-16(19)21)24(29)26(31)27(32)25(18)30/h3-13H,1-2H3. The lowest BCUT2D eigenvalue weighted by Gasteiger charge is -2.30. The summed E-state index contributed by atoms with van der Waals surface area (Å²) >= 11 is 0. The third kappa shape index (κ3) is 3.18. The summed E-state index contributed by atoms with van der Waals surface area (Å²) in [7, 11) is -1.22. The van der Waals surface area contributed by atoms with Crippen LogP contribution in [-0.2, 0) is 4.57 Å². The number of halogens is 4. The van der Waals surface area contributed by atoms with Crippen LogP contribution < -0.4 is 24.6 Å². The molecule has 1 heterocycles. The summed E-state index contributed by atoms with van der Waals surface area (Å²) in [4.78, 5) is 0. The molecule has 1 aliphatic rings. The van der Waals surface area contributed by atoms with Crippen molar-refractivity contribution in [2.45, 2.75) is 0 Å². The Bertz CT molecular complexity index is 1820. The van der Waals surface area contributed by atoms with Gasteiger partial charge in [-0.3, -0.25) is 4.57 Å². The first-order valence-electron chi connectivity index (χ1n) is 11.1. The van der Waals surface area contributed by atoms with E-state index in [0.717, 1.165) is 17.7 Å². The van der Waals surface area contributed by atoms with Gasteiger partial charge in [0.15, 0.2) is 23.3 Å². The number of benzene rings is 5. The Morgan fingerprint density at radius 2 is 1.24 bits per heavy atom. The first-order chi connectivity index (χ1) is 17.8. The van der Waals surface area contributed by atoms with Crippen LogP contribution in [0.5, 0.6) is 17.2 Å². The summed E-state index contributed by atoms with van der Waals surface area (Å²) in [6.45, 7) is 0. The number of para-hydroxylation sites is 1. The van der Waals surface area contributed by atoms with E-state index in [1.54, 1.807) is 24.3 Å². The molecule has 0 aliphatic carbocycles. The molecule has 6 rings (SSSR count). The van der Waals surface area contributed by atoms with Crippen molar-refractivity contribution in [2.24, 2.45) is 0 Å². The molecule has 0 saturated carbocycles. The smallest absolute Gasteiger partial charge is 0.311 e. The van der Waals surface area contributed by atoms with Crippen molar-refractivity contribution in [3.05, 3.63) is 90.0 Å².